The van der Waals surface area contributed by atoms with Gasteiger partial charge in [-0.3, -0.25) is 10.2 Å². The normalized spacial score (nSPS) is 10.0. The smallest absolute Gasteiger partial charge is 0.157 e. The van der Waals surface area contributed by atoms with Crippen LogP contribution in [0, 0.1) is 5.41 Å². The van der Waals surface area contributed by atoms with Crippen molar-refractivity contribution >= 4 is 45.8 Å². The van der Waals surface area contributed by atoms with Crippen molar-refractivity contribution in [2.75, 3.05) is 11.6 Å². The van der Waals surface area contributed by atoms with Crippen LogP contribution in [0.2, 0.25) is 5.02 Å². The molecule has 0 aliphatic heterocycles. The fourth-order valence-electron chi connectivity index (χ4n) is 0.876. The zero-order valence-corrected chi connectivity index (χ0v) is 10.1. The highest BCUT2D eigenvalue weighted by atomic mass is 35.5. The summed E-state index contributed by atoms with van der Waals surface area (Å²) in [6, 6.07) is 6.94. The summed E-state index contributed by atoms with van der Waals surface area (Å²) in [5.74, 6) is 0.173. The van der Waals surface area contributed by atoms with Crippen molar-refractivity contribution in [2.24, 2.45) is 0 Å². The Labute approximate surface area is 102 Å². The van der Waals surface area contributed by atoms with E-state index in [0.29, 0.717) is 10.1 Å². The minimum atomic E-state index is -0.0691. The molecule has 0 atom stereocenters. The molecule has 15 heavy (non-hydrogen) atoms. The van der Waals surface area contributed by atoms with E-state index in [2.05, 4.69) is 0 Å². The molecule has 2 nitrogen and oxygen atoms in total. The first-order chi connectivity index (χ1) is 7.13. The van der Waals surface area contributed by atoms with Gasteiger partial charge in [-0.1, -0.05) is 35.5 Å². The molecule has 80 valence electrons. The summed E-state index contributed by atoms with van der Waals surface area (Å²) in [5, 5.41) is 8.68. The van der Waals surface area contributed by atoms with E-state index < -0.39 is 0 Å². The van der Waals surface area contributed by atoms with Gasteiger partial charge in [0.25, 0.3) is 0 Å². The summed E-state index contributed by atoms with van der Waals surface area (Å²) in [4.78, 5) is 10.9. The molecule has 1 N–H and O–H groups in total. The number of halogens is 2. The van der Waals surface area contributed by atoms with Gasteiger partial charge in [-0.05, 0) is 12.1 Å². The molecule has 0 aliphatic rings. The number of alkyl halides is 1. The summed E-state index contributed by atoms with van der Waals surface area (Å²) in [6.07, 6.45) is 0. The summed E-state index contributed by atoms with van der Waals surface area (Å²) in [5.41, 5.74) is 0.756. The number of benzene rings is 1. The summed E-state index contributed by atoms with van der Waals surface area (Å²) >= 11 is 12.2. The number of carbonyl (C=O) groups excluding carboxylic acids is 1. The van der Waals surface area contributed by atoms with E-state index in [9.17, 15) is 4.79 Å². The average molecular weight is 262 g/mol. The van der Waals surface area contributed by atoms with E-state index in [0.717, 1.165) is 5.56 Å². The molecule has 0 heterocycles. The molecule has 0 spiro atoms. The molecule has 1 rings (SSSR count). The minimum absolute atomic E-state index is 0.000891. The second kappa shape index (κ2) is 6.16. The van der Waals surface area contributed by atoms with Crippen LogP contribution in [0.5, 0.6) is 0 Å². The molecule has 1 aromatic rings. The van der Waals surface area contributed by atoms with Gasteiger partial charge in [0.2, 0.25) is 0 Å². The van der Waals surface area contributed by atoms with Crippen molar-refractivity contribution < 1.29 is 4.79 Å². The molecule has 0 amide bonds. The zero-order chi connectivity index (χ0) is 11.3. The van der Waals surface area contributed by atoms with Crippen molar-refractivity contribution in [2.45, 2.75) is 0 Å². The molecule has 1 aromatic carbocycles. The van der Waals surface area contributed by atoms with Crippen molar-refractivity contribution in [3.63, 3.8) is 0 Å². The highest BCUT2D eigenvalue weighted by Gasteiger charge is 2.05. The Hall–Kier alpha value is -0.510. The molecular weight excluding hydrogens is 253 g/mol. The lowest BCUT2D eigenvalue weighted by atomic mass is 10.2. The number of hydrogen-bond acceptors (Lipinski definition) is 3. The quantitative estimate of drug-likeness (QED) is 0.514. The molecule has 0 saturated carbocycles. The lowest BCUT2D eigenvalue weighted by molar-refractivity contribution is -0.114. The lowest BCUT2D eigenvalue weighted by Crippen LogP contribution is -2.05. The maximum Gasteiger partial charge on any atom is 0.157 e. The zero-order valence-electron chi connectivity index (χ0n) is 7.80. The summed E-state index contributed by atoms with van der Waals surface area (Å²) in [6.45, 7) is 0. The number of Topliss-reactive ketones (excluding diaryl/α,β-unsaturated/α-hetero) is 1. The molecule has 0 aliphatic carbocycles. The molecule has 5 heteroatoms. The summed E-state index contributed by atoms with van der Waals surface area (Å²) < 4.78 is 0. The number of carbonyl (C=O) groups is 1. The minimum Gasteiger partial charge on any atom is -0.297 e. The first kappa shape index (κ1) is 12.6. The van der Waals surface area contributed by atoms with Crippen LogP contribution < -0.4 is 0 Å². The molecular formula is C10H9Cl2NOS. The van der Waals surface area contributed by atoms with Crippen LogP contribution >= 0.6 is 35.0 Å². The number of nitrogens with one attached hydrogen (secondary N) is 1. The summed E-state index contributed by atoms with van der Waals surface area (Å²) in [7, 11) is 0. The maximum absolute atomic E-state index is 10.9. The third kappa shape index (κ3) is 4.24. The van der Waals surface area contributed by atoms with Gasteiger partial charge in [0, 0.05) is 10.6 Å². The number of hydrogen-bond donors (Lipinski definition) is 1. The van der Waals surface area contributed by atoms with Gasteiger partial charge < -0.3 is 0 Å². The van der Waals surface area contributed by atoms with Gasteiger partial charge in [0.05, 0.1) is 16.7 Å². The van der Waals surface area contributed by atoms with Crippen molar-refractivity contribution in [1.29, 1.82) is 5.41 Å². The van der Waals surface area contributed by atoms with Gasteiger partial charge in [-0.25, -0.2) is 0 Å². The van der Waals surface area contributed by atoms with E-state index in [4.69, 9.17) is 28.6 Å². The van der Waals surface area contributed by atoms with Crippen LogP contribution in [-0.4, -0.2) is 22.5 Å². The topological polar surface area (TPSA) is 40.9 Å². The standard InChI is InChI=1S/C10H9Cl2NOS/c11-5-9(14)6-15-10(13)7-1-3-8(12)4-2-7/h1-4,13H,5-6H2. The number of ketones is 1. The van der Waals surface area contributed by atoms with Crippen LogP contribution in [0.3, 0.4) is 0 Å². The fraction of sp³-hybridized carbons (Fsp3) is 0.200. The Morgan fingerprint density at radius 1 is 1.33 bits per heavy atom. The van der Waals surface area contributed by atoms with Crippen molar-refractivity contribution in [3.05, 3.63) is 34.9 Å². The third-order valence-electron chi connectivity index (χ3n) is 1.63. The first-order valence-corrected chi connectivity index (χ1v) is 6.08. The van der Waals surface area contributed by atoms with E-state index >= 15 is 0 Å². The van der Waals surface area contributed by atoms with Gasteiger partial charge in [-0.2, -0.15) is 0 Å². The number of rotatable bonds is 4. The first-order valence-electron chi connectivity index (χ1n) is 4.18. The maximum atomic E-state index is 10.9. The van der Waals surface area contributed by atoms with Crippen LogP contribution in [0.15, 0.2) is 24.3 Å². The third-order valence-corrected chi connectivity index (χ3v) is 3.17. The predicted molar refractivity (Wildman–Crippen MR) is 66.5 cm³/mol. The largest absolute Gasteiger partial charge is 0.297 e. The predicted octanol–water partition coefficient (Wildman–Crippen LogP) is 3.21. The molecule has 0 unspecified atom stereocenters. The Morgan fingerprint density at radius 2 is 1.93 bits per heavy atom. The Bertz CT molecular complexity index is 364. The van der Waals surface area contributed by atoms with Crippen LogP contribution in [-0.2, 0) is 4.79 Å². The van der Waals surface area contributed by atoms with Crippen molar-refractivity contribution in [1.82, 2.24) is 0 Å². The van der Waals surface area contributed by atoms with E-state index in [-0.39, 0.29) is 17.4 Å². The van der Waals surface area contributed by atoms with Crippen LogP contribution in [0.25, 0.3) is 0 Å². The van der Waals surface area contributed by atoms with Gasteiger partial charge in [-0.15, -0.1) is 11.6 Å². The number of thioether (sulfide) groups is 1. The van der Waals surface area contributed by atoms with Crippen LogP contribution in [0.4, 0.5) is 0 Å². The van der Waals surface area contributed by atoms with Gasteiger partial charge in [0.15, 0.2) is 5.78 Å². The van der Waals surface area contributed by atoms with Crippen LogP contribution in [0.1, 0.15) is 5.56 Å². The molecule has 0 fully saturated rings. The second-order valence-corrected chi connectivity index (χ2v) is 4.49. The van der Waals surface area contributed by atoms with E-state index in [1.807, 2.05) is 0 Å². The average Bonchev–Trinajstić information content (AvgIpc) is 2.26. The Balaban J connectivity index is 2.54. The van der Waals surface area contributed by atoms with Gasteiger partial charge in [0.1, 0.15) is 0 Å². The molecule has 0 bridgehead atoms. The SMILES string of the molecule is N=C(SCC(=O)CCl)c1ccc(Cl)cc1. The molecule has 0 saturated heterocycles. The monoisotopic (exact) mass is 261 g/mol. The highest BCUT2D eigenvalue weighted by Crippen LogP contribution is 2.15. The highest BCUT2D eigenvalue weighted by molar-refractivity contribution is 8.14. The molecule has 0 radical (unpaired) electrons. The Morgan fingerprint density at radius 3 is 2.47 bits per heavy atom. The fourth-order valence-corrected chi connectivity index (χ4v) is 1.92. The van der Waals surface area contributed by atoms with E-state index in [1.54, 1.807) is 24.3 Å². The van der Waals surface area contributed by atoms with Gasteiger partial charge >= 0.3 is 0 Å². The van der Waals surface area contributed by atoms with E-state index in [1.165, 1.54) is 11.8 Å². The Kier molecular flexibility index (Phi) is 5.15. The lowest BCUT2D eigenvalue weighted by Gasteiger charge is -2.02. The second-order valence-electron chi connectivity index (χ2n) is 2.80. The molecule has 0 aromatic heterocycles. The van der Waals surface area contributed by atoms with Crippen molar-refractivity contribution in [3.8, 4) is 0 Å².